The Morgan fingerprint density at radius 3 is 2.66 bits per heavy atom. The zero-order valence-corrected chi connectivity index (χ0v) is 24.9. The number of nitrogens with two attached hydrogens (primary N) is 1. The van der Waals surface area contributed by atoms with E-state index in [0.29, 0.717) is 12.1 Å². The average molecular weight is 613 g/mol. The third kappa shape index (κ3) is 6.91. The number of nitrogens with one attached hydrogen (secondary N) is 1. The smallest absolute Gasteiger partial charge is 0.459 e. The Morgan fingerprint density at radius 1 is 1.29 bits per heavy atom. The van der Waals surface area contributed by atoms with Crippen LogP contribution in [0.4, 0.5) is 5.95 Å². The minimum absolute atomic E-state index is 0.0485. The number of esters is 1. The van der Waals surface area contributed by atoms with Gasteiger partial charge in [0, 0.05) is 0 Å². The van der Waals surface area contributed by atoms with Crippen molar-refractivity contribution in [1.82, 2.24) is 24.6 Å². The molecule has 1 fully saturated rings. The fraction of sp³-hybridized carbons (Fsp3) is 0.520. The summed E-state index contributed by atoms with van der Waals surface area (Å²) in [5.74, 6) is -0.273. The van der Waals surface area contributed by atoms with Crippen LogP contribution in [0.25, 0.3) is 11.2 Å². The van der Waals surface area contributed by atoms with Crippen LogP contribution in [0.2, 0.25) is 0 Å². The Kier molecular flexibility index (Phi) is 9.42. The van der Waals surface area contributed by atoms with Gasteiger partial charge in [-0.3, -0.25) is 13.9 Å². The highest BCUT2D eigenvalue weighted by Crippen LogP contribution is 2.48. The highest BCUT2D eigenvalue weighted by atomic mass is 35.5. The minimum atomic E-state index is -4.21. The van der Waals surface area contributed by atoms with Gasteiger partial charge in [-0.05, 0) is 46.8 Å². The number of aromatic nitrogens is 4. The summed E-state index contributed by atoms with van der Waals surface area (Å²) in [6, 6.07) is 7.24. The van der Waals surface area contributed by atoms with Crippen LogP contribution < -0.4 is 20.1 Å². The normalized spacial score (nSPS) is 24.7. The van der Waals surface area contributed by atoms with Gasteiger partial charge >= 0.3 is 13.7 Å². The molecule has 4 rings (SSSR count). The van der Waals surface area contributed by atoms with E-state index < -0.39 is 49.7 Å². The van der Waals surface area contributed by atoms with Crippen LogP contribution in [0, 0.1) is 0 Å². The number of anilines is 1. The number of imidazole rings is 1. The number of hydrogen-bond donors (Lipinski definition) is 3. The summed E-state index contributed by atoms with van der Waals surface area (Å²) in [5, 5.41) is 13.7. The van der Waals surface area contributed by atoms with Gasteiger partial charge in [-0.15, -0.1) is 11.6 Å². The molecule has 16 heteroatoms. The number of fused-ring (bicyclic) bond motifs is 1. The van der Waals surface area contributed by atoms with Crippen molar-refractivity contribution in [3.8, 4) is 11.6 Å². The fourth-order valence-corrected chi connectivity index (χ4v) is 5.97. The van der Waals surface area contributed by atoms with E-state index in [2.05, 4.69) is 20.0 Å². The zero-order chi connectivity index (χ0) is 29.9. The predicted octanol–water partition coefficient (Wildman–Crippen LogP) is 3.20. The average Bonchev–Trinajstić information content (AvgIpc) is 3.41. The summed E-state index contributed by atoms with van der Waals surface area (Å²) in [6.45, 7) is 8.14. The van der Waals surface area contributed by atoms with E-state index in [4.69, 9.17) is 40.6 Å². The molecule has 1 aliphatic rings. The summed E-state index contributed by atoms with van der Waals surface area (Å²) in [4.78, 5) is 23.7. The van der Waals surface area contributed by atoms with E-state index in [0.717, 1.165) is 0 Å². The number of halogens is 1. The van der Waals surface area contributed by atoms with Crippen molar-refractivity contribution < 1.29 is 37.7 Å². The number of nitrogen functional groups attached to an aromatic ring is 1. The predicted molar refractivity (Wildman–Crippen MR) is 150 cm³/mol. The van der Waals surface area contributed by atoms with Crippen molar-refractivity contribution >= 4 is 42.4 Å². The fourth-order valence-electron chi connectivity index (χ4n) is 4.17. The second kappa shape index (κ2) is 12.5. The molecule has 0 unspecified atom stereocenters. The summed E-state index contributed by atoms with van der Waals surface area (Å²) in [7, 11) is -4.21. The molecule has 1 aliphatic heterocycles. The quantitative estimate of drug-likeness (QED) is 0.154. The summed E-state index contributed by atoms with van der Waals surface area (Å²) >= 11 is 6.80. The van der Waals surface area contributed by atoms with Crippen LogP contribution in [0.5, 0.6) is 11.6 Å². The number of rotatable bonds is 12. The van der Waals surface area contributed by atoms with E-state index in [9.17, 15) is 14.5 Å². The molecule has 1 saturated heterocycles. The van der Waals surface area contributed by atoms with Crippen LogP contribution in [0.1, 0.15) is 40.8 Å². The maximum Gasteiger partial charge on any atom is 0.459 e. The summed E-state index contributed by atoms with van der Waals surface area (Å²) < 4.78 is 43.6. The van der Waals surface area contributed by atoms with E-state index in [-0.39, 0.29) is 29.3 Å². The number of aliphatic hydroxyl groups excluding tert-OH is 1. The van der Waals surface area contributed by atoms with Crippen LogP contribution in [-0.4, -0.2) is 73.0 Å². The molecule has 3 aromatic rings. The Balaban J connectivity index is 1.56. The zero-order valence-electron chi connectivity index (χ0n) is 23.3. The van der Waals surface area contributed by atoms with Crippen LogP contribution in [0.15, 0.2) is 36.7 Å². The first kappa shape index (κ1) is 30.9. The number of nitrogens with zero attached hydrogens (tertiary/aromatic N) is 4. The molecule has 0 radical (unpaired) electrons. The highest BCUT2D eigenvalue weighted by Gasteiger charge is 2.54. The minimum Gasteiger partial charge on any atom is -0.476 e. The van der Waals surface area contributed by atoms with Gasteiger partial charge in [-0.25, -0.2) is 9.55 Å². The third-order valence-corrected chi connectivity index (χ3v) is 8.15. The van der Waals surface area contributed by atoms with Crippen LogP contribution in [-0.2, 0) is 23.4 Å². The van der Waals surface area contributed by atoms with Crippen molar-refractivity contribution in [2.45, 2.75) is 70.1 Å². The molecule has 224 valence electrons. The van der Waals surface area contributed by atoms with Crippen molar-refractivity contribution in [2.75, 3.05) is 18.9 Å². The highest BCUT2D eigenvalue weighted by molar-refractivity contribution is 7.52. The lowest BCUT2D eigenvalue weighted by atomic mass is 10.0. The third-order valence-electron chi connectivity index (χ3n) is 6.09. The van der Waals surface area contributed by atoms with Crippen LogP contribution >= 0.6 is 19.3 Å². The molecule has 0 bridgehead atoms. The van der Waals surface area contributed by atoms with Crippen molar-refractivity contribution in [3.05, 3.63) is 36.7 Å². The number of carbonyl (C=O) groups excluding carboxylic acids is 1. The lowest BCUT2D eigenvalue weighted by molar-refractivity contribution is -0.149. The van der Waals surface area contributed by atoms with Gasteiger partial charge in [0.15, 0.2) is 17.4 Å². The molecular weight excluding hydrogens is 579 g/mol. The molecule has 41 heavy (non-hydrogen) atoms. The Morgan fingerprint density at radius 2 is 2.00 bits per heavy atom. The maximum absolute atomic E-state index is 13.8. The number of hydrogen-bond acceptors (Lipinski definition) is 12. The van der Waals surface area contributed by atoms with Crippen molar-refractivity contribution in [2.24, 2.45) is 0 Å². The van der Waals surface area contributed by atoms with Gasteiger partial charge < -0.3 is 29.6 Å². The molecule has 0 amide bonds. The van der Waals surface area contributed by atoms with Gasteiger partial charge in [0.05, 0.1) is 25.6 Å². The molecule has 14 nitrogen and oxygen atoms in total. The summed E-state index contributed by atoms with van der Waals surface area (Å²) in [5.41, 5.74) is 6.49. The van der Waals surface area contributed by atoms with E-state index in [1.54, 1.807) is 58.0 Å². The number of carbonyl (C=O) groups is 1. The lowest BCUT2D eigenvalue weighted by Gasteiger charge is -2.26. The molecule has 0 saturated carbocycles. The number of alkyl halides is 1. The van der Waals surface area contributed by atoms with Gasteiger partial charge in [-0.2, -0.15) is 15.1 Å². The Hall–Kier alpha value is -3.00. The number of ether oxygens (including phenoxy) is 3. The first-order valence-corrected chi connectivity index (χ1v) is 14.9. The van der Waals surface area contributed by atoms with E-state index in [1.165, 1.54) is 17.8 Å². The molecule has 6 atom stereocenters. The topological polar surface area (TPSA) is 182 Å². The second-order valence-corrected chi connectivity index (χ2v) is 12.3. The molecule has 3 heterocycles. The Bertz CT molecular complexity index is 1410. The lowest BCUT2D eigenvalue weighted by Crippen LogP contribution is -2.40. The monoisotopic (exact) mass is 612 g/mol. The van der Waals surface area contributed by atoms with Gasteiger partial charge in [0.2, 0.25) is 11.8 Å². The van der Waals surface area contributed by atoms with Crippen molar-refractivity contribution in [1.29, 1.82) is 0 Å². The van der Waals surface area contributed by atoms with E-state index >= 15 is 0 Å². The molecule has 0 aliphatic carbocycles. The van der Waals surface area contributed by atoms with Crippen molar-refractivity contribution in [3.63, 3.8) is 0 Å². The van der Waals surface area contributed by atoms with Gasteiger partial charge in [0.25, 0.3) is 0 Å². The molecular formula is C25H34ClN6O8P. The van der Waals surface area contributed by atoms with Gasteiger partial charge in [-0.1, -0.05) is 18.2 Å². The molecule has 0 spiro atoms. The Labute approximate surface area is 242 Å². The van der Waals surface area contributed by atoms with E-state index in [1.807, 2.05) is 0 Å². The number of aliphatic hydroxyl groups is 1. The van der Waals surface area contributed by atoms with Gasteiger partial charge in [0.1, 0.15) is 28.9 Å². The first-order valence-electron chi connectivity index (χ1n) is 13.0. The molecule has 1 aromatic carbocycles. The number of para-hydroxylation sites is 1. The molecule has 4 N–H and O–H groups in total. The molecule has 2 aromatic heterocycles. The number of benzene rings is 1. The largest absolute Gasteiger partial charge is 0.476 e. The second-order valence-electron chi connectivity index (χ2n) is 9.80. The maximum atomic E-state index is 13.8. The SMILES string of the molecule is CCOc1nc(N)nc2c1ncn2[C@@H]1O[C@H](CO[P@@](=O)(N[C@@H](C)C(=O)OC(C)C)Oc2ccccc2)[C@@H](O)[C@@]1(C)Cl. The van der Waals surface area contributed by atoms with Crippen LogP contribution in [0.3, 0.4) is 0 Å². The first-order chi connectivity index (χ1) is 19.3. The summed E-state index contributed by atoms with van der Waals surface area (Å²) in [6.07, 6.45) is -2.32. The standard InChI is InChI=1S/C25H34ClN6O8P/c1-6-36-21-18-20(29-24(27)30-21)32(13-28-18)23-25(5,26)19(33)17(39-23)12-37-41(35,40-16-10-8-7-9-11-16)31-15(4)22(34)38-14(2)3/h7-11,13-15,17,19,23,33H,6,12H2,1-5H3,(H,31,35)(H2,27,29,30)/t15-,17+,19+,23+,25+,41-/m0/s1.